The highest BCUT2D eigenvalue weighted by Crippen LogP contribution is 2.10. The third kappa shape index (κ3) is 6.81. The fourth-order valence-electron chi connectivity index (χ4n) is 1.16. The average molecular weight is 259 g/mol. The molecular weight excluding hydrogens is 240 g/mol. The highest BCUT2D eigenvalue weighted by molar-refractivity contribution is 5.85. The van der Waals surface area contributed by atoms with Crippen LogP contribution in [0.4, 0.5) is 0 Å². The molecule has 0 fully saturated rings. The van der Waals surface area contributed by atoms with Crippen LogP contribution in [-0.2, 0) is 4.79 Å². The third-order valence-electron chi connectivity index (χ3n) is 2.09. The number of benzene rings is 1. The SMILES string of the molecule is Cc1ccc(OCC(=O)NCCCN)cc1.Cl. The van der Waals surface area contributed by atoms with Crippen molar-refractivity contribution >= 4 is 18.3 Å². The molecule has 0 saturated carbocycles. The molecule has 0 atom stereocenters. The van der Waals surface area contributed by atoms with Gasteiger partial charge in [-0.05, 0) is 32.0 Å². The van der Waals surface area contributed by atoms with E-state index in [4.69, 9.17) is 10.5 Å². The van der Waals surface area contributed by atoms with Gasteiger partial charge in [-0.3, -0.25) is 4.79 Å². The van der Waals surface area contributed by atoms with Crippen molar-refractivity contribution in [3.63, 3.8) is 0 Å². The van der Waals surface area contributed by atoms with Crippen molar-refractivity contribution in [3.05, 3.63) is 29.8 Å². The average Bonchev–Trinajstić information content (AvgIpc) is 2.29. The van der Waals surface area contributed by atoms with Crippen LogP contribution in [0.3, 0.4) is 0 Å². The zero-order chi connectivity index (χ0) is 11.8. The molecule has 1 aromatic rings. The molecule has 0 heterocycles. The van der Waals surface area contributed by atoms with Crippen molar-refractivity contribution in [2.45, 2.75) is 13.3 Å². The highest BCUT2D eigenvalue weighted by atomic mass is 35.5. The van der Waals surface area contributed by atoms with Gasteiger partial charge in [0.25, 0.3) is 5.91 Å². The van der Waals surface area contributed by atoms with Crippen LogP contribution in [0, 0.1) is 6.92 Å². The number of amides is 1. The molecule has 17 heavy (non-hydrogen) atoms. The van der Waals surface area contributed by atoms with E-state index in [2.05, 4.69) is 5.32 Å². The van der Waals surface area contributed by atoms with Crippen molar-refractivity contribution in [2.24, 2.45) is 5.73 Å². The van der Waals surface area contributed by atoms with E-state index in [9.17, 15) is 4.79 Å². The van der Waals surface area contributed by atoms with Crippen LogP contribution < -0.4 is 15.8 Å². The predicted octanol–water partition coefficient (Wildman–Crippen LogP) is 1.26. The van der Waals surface area contributed by atoms with Crippen molar-refractivity contribution in [2.75, 3.05) is 19.7 Å². The maximum Gasteiger partial charge on any atom is 0.257 e. The van der Waals surface area contributed by atoms with Gasteiger partial charge in [-0.15, -0.1) is 12.4 Å². The van der Waals surface area contributed by atoms with Crippen LogP contribution in [0.2, 0.25) is 0 Å². The van der Waals surface area contributed by atoms with Gasteiger partial charge in [-0.25, -0.2) is 0 Å². The topological polar surface area (TPSA) is 64.3 Å². The van der Waals surface area contributed by atoms with Crippen LogP contribution >= 0.6 is 12.4 Å². The quantitative estimate of drug-likeness (QED) is 0.755. The van der Waals surface area contributed by atoms with E-state index < -0.39 is 0 Å². The number of hydrogen-bond donors (Lipinski definition) is 2. The number of carbonyl (C=O) groups excluding carboxylic acids is 1. The molecule has 0 saturated heterocycles. The van der Waals surface area contributed by atoms with Gasteiger partial charge >= 0.3 is 0 Å². The molecule has 0 bridgehead atoms. The van der Waals surface area contributed by atoms with E-state index in [0.717, 1.165) is 6.42 Å². The molecule has 5 heteroatoms. The van der Waals surface area contributed by atoms with Crippen LogP contribution in [0.5, 0.6) is 5.75 Å². The summed E-state index contributed by atoms with van der Waals surface area (Å²) in [4.78, 5) is 11.3. The number of nitrogens with one attached hydrogen (secondary N) is 1. The van der Waals surface area contributed by atoms with Gasteiger partial charge in [-0.1, -0.05) is 17.7 Å². The first kappa shape index (κ1) is 15.7. The first-order valence-electron chi connectivity index (χ1n) is 5.38. The summed E-state index contributed by atoms with van der Waals surface area (Å²) in [6.07, 6.45) is 0.788. The number of ether oxygens (including phenoxy) is 1. The van der Waals surface area contributed by atoms with Crippen LogP contribution in [0.25, 0.3) is 0 Å². The van der Waals surface area contributed by atoms with Crippen molar-refractivity contribution in [3.8, 4) is 5.75 Å². The molecule has 1 aromatic carbocycles. The molecule has 1 amide bonds. The second-order valence-corrected chi connectivity index (χ2v) is 3.59. The number of aryl methyl sites for hydroxylation is 1. The molecule has 4 nitrogen and oxygen atoms in total. The minimum absolute atomic E-state index is 0. The van der Waals surface area contributed by atoms with Gasteiger partial charge in [-0.2, -0.15) is 0 Å². The zero-order valence-corrected chi connectivity index (χ0v) is 10.8. The van der Waals surface area contributed by atoms with Crippen LogP contribution in [0.15, 0.2) is 24.3 Å². The van der Waals surface area contributed by atoms with Crippen LogP contribution in [-0.4, -0.2) is 25.6 Å². The molecule has 1 rings (SSSR count). The Morgan fingerprint density at radius 2 is 2.00 bits per heavy atom. The summed E-state index contributed by atoms with van der Waals surface area (Å²) < 4.78 is 5.31. The largest absolute Gasteiger partial charge is 0.484 e. The molecule has 0 aromatic heterocycles. The first-order valence-corrected chi connectivity index (χ1v) is 5.38. The van der Waals surface area contributed by atoms with E-state index in [1.54, 1.807) is 0 Å². The first-order chi connectivity index (χ1) is 7.72. The summed E-state index contributed by atoms with van der Waals surface area (Å²) in [6.45, 7) is 3.24. The molecule has 0 spiro atoms. The molecular formula is C12H19ClN2O2. The number of hydrogen-bond acceptors (Lipinski definition) is 3. The lowest BCUT2D eigenvalue weighted by molar-refractivity contribution is -0.123. The zero-order valence-electron chi connectivity index (χ0n) is 9.94. The second kappa shape index (κ2) is 8.84. The Bertz CT molecular complexity index is 328. The van der Waals surface area contributed by atoms with Gasteiger partial charge in [0.15, 0.2) is 6.61 Å². The molecule has 0 aliphatic rings. The number of rotatable bonds is 6. The Balaban J connectivity index is 0.00000256. The van der Waals surface area contributed by atoms with Gasteiger partial charge < -0.3 is 15.8 Å². The Labute approximate surface area is 108 Å². The van der Waals surface area contributed by atoms with Gasteiger partial charge in [0.1, 0.15) is 5.75 Å². The third-order valence-corrected chi connectivity index (χ3v) is 2.09. The predicted molar refractivity (Wildman–Crippen MR) is 70.6 cm³/mol. The summed E-state index contributed by atoms with van der Waals surface area (Å²) in [5.41, 5.74) is 6.48. The van der Waals surface area contributed by atoms with Gasteiger partial charge in [0.05, 0.1) is 0 Å². The van der Waals surface area contributed by atoms with E-state index >= 15 is 0 Å². The second-order valence-electron chi connectivity index (χ2n) is 3.59. The fourth-order valence-corrected chi connectivity index (χ4v) is 1.16. The Kier molecular flexibility index (Phi) is 8.19. The minimum atomic E-state index is -0.117. The van der Waals surface area contributed by atoms with Crippen LogP contribution in [0.1, 0.15) is 12.0 Å². The maximum absolute atomic E-state index is 11.3. The summed E-state index contributed by atoms with van der Waals surface area (Å²) in [6, 6.07) is 7.59. The number of nitrogens with two attached hydrogens (primary N) is 1. The number of halogens is 1. The molecule has 96 valence electrons. The van der Waals surface area contributed by atoms with Crippen molar-refractivity contribution in [1.82, 2.24) is 5.32 Å². The van der Waals surface area contributed by atoms with E-state index in [1.807, 2.05) is 31.2 Å². The smallest absolute Gasteiger partial charge is 0.257 e. The summed E-state index contributed by atoms with van der Waals surface area (Å²) >= 11 is 0. The van der Waals surface area contributed by atoms with E-state index in [1.165, 1.54) is 5.56 Å². The fraction of sp³-hybridized carbons (Fsp3) is 0.417. The van der Waals surface area contributed by atoms with Gasteiger partial charge in [0, 0.05) is 6.54 Å². The van der Waals surface area contributed by atoms with Crippen molar-refractivity contribution in [1.29, 1.82) is 0 Å². The number of carbonyl (C=O) groups is 1. The van der Waals surface area contributed by atoms with Crippen molar-refractivity contribution < 1.29 is 9.53 Å². The van der Waals surface area contributed by atoms with E-state index in [0.29, 0.717) is 18.8 Å². The normalized spacial score (nSPS) is 9.29. The van der Waals surface area contributed by atoms with E-state index in [-0.39, 0.29) is 24.9 Å². The monoisotopic (exact) mass is 258 g/mol. The molecule has 0 aliphatic heterocycles. The Morgan fingerprint density at radius 1 is 1.35 bits per heavy atom. The standard InChI is InChI=1S/C12H18N2O2.ClH/c1-10-3-5-11(6-4-10)16-9-12(15)14-8-2-7-13;/h3-6H,2,7-9,13H2,1H3,(H,14,15);1H. The highest BCUT2D eigenvalue weighted by Gasteiger charge is 2.01. The lowest BCUT2D eigenvalue weighted by atomic mass is 10.2. The van der Waals surface area contributed by atoms with Gasteiger partial charge in [0.2, 0.25) is 0 Å². The molecule has 3 N–H and O–H groups in total. The summed E-state index contributed by atoms with van der Waals surface area (Å²) in [5.74, 6) is 0.591. The maximum atomic E-state index is 11.3. The molecule has 0 unspecified atom stereocenters. The summed E-state index contributed by atoms with van der Waals surface area (Å²) in [5, 5.41) is 2.72. The lowest BCUT2D eigenvalue weighted by Crippen LogP contribution is -2.30. The minimum Gasteiger partial charge on any atom is -0.484 e. The Morgan fingerprint density at radius 3 is 2.59 bits per heavy atom. The summed E-state index contributed by atoms with van der Waals surface area (Å²) in [7, 11) is 0. The Hall–Kier alpha value is -1.26. The molecule has 0 aliphatic carbocycles. The lowest BCUT2D eigenvalue weighted by Gasteiger charge is -2.07. The molecule has 0 radical (unpaired) electrons.